The summed E-state index contributed by atoms with van der Waals surface area (Å²) in [6.45, 7) is 2.18. The molecule has 1 aliphatic rings. The molecule has 1 aliphatic heterocycles. The van der Waals surface area contributed by atoms with Gasteiger partial charge in [-0.25, -0.2) is 4.57 Å². The first kappa shape index (κ1) is 4.79. The molecule has 46 valence electrons. The van der Waals surface area contributed by atoms with E-state index in [0.717, 1.165) is 13.1 Å². The first-order valence-corrected chi connectivity index (χ1v) is 3.19. The van der Waals surface area contributed by atoms with Crippen molar-refractivity contribution in [1.82, 2.24) is 0 Å². The van der Waals surface area contributed by atoms with Gasteiger partial charge in [0.25, 0.3) is 5.82 Å². The quantitative estimate of drug-likeness (QED) is 0.491. The average Bonchev–Trinajstić information content (AvgIpc) is 2.33. The second kappa shape index (κ2) is 1.72. The smallest absolute Gasteiger partial charge is 0.270 e. The van der Waals surface area contributed by atoms with Crippen molar-refractivity contribution in [2.45, 2.75) is 6.54 Å². The van der Waals surface area contributed by atoms with E-state index in [9.17, 15) is 0 Å². The molecular formula is C7H9N2+. The van der Waals surface area contributed by atoms with Crippen LogP contribution in [0.4, 0.5) is 5.82 Å². The molecule has 0 bridgehead atoms. The van der Waals surface area contributed by atoms with Crippen molar-refractivity contribution < 1.29 is 4.57 Å². The van der Waals surface area contributed by atoms with Gasteiger partial charge in [0.15, 0.2) is 0 Å². The standard InChI is InChI=1S/C7H8N2/c1-2-5-9-6-4-8-7(9)3-1/h1-3,5H,4,6H2/p+1. The Hall–Kier alpha value is -1.05. The topological polar surface area (TPSA) is 15.9 Å². The number of anilines is 1. The fraction of sp³-hybridized carbons (Fsp3) is 0.286. The summed E-state index contributed by atoms with van der Waals surface area (Å²) in [6.07, 6.45) is 2.09. The number of aromatic nitrogens is 1. The number of fused-ring (bicyclic) bond motifs is 1. The van der Waals surface area contributed by atoms with E-state index in [-0.39, 0.29) is 0 Å². The SMILES string of the molecule is c1cc[n+]2c(c1)NCC2. The minimum absolute atomic E-state index is 1.07. The van der Waals surface area contributed by atoms with Crippen LogP contribution in [0.1, 0.15) is 0 Å². The maximum Gasteiger partial charge on any atom is 0.274 e. The van der Waals surface area contributed by atoms with Crippen LogP contribution in [0.5, 0.6) is 0 Å². The van der Waals surface area contributed by atoms with Crippen molar-refractivity contribution >= 4 is 5.82 Å². The molecule has 0 saturated heterocycles. The lowest BCUT2D eigenvalue weighted by atomic mass is 10.5. The normalized spacial score (nSPS) is 14.7. The minimum atomic E-state index is 1.07. The molecule has 0 fully saturated rings. The van der Waals surface area contributed by atoms with Gasteiger partial charge in [-0.2, -0.15) is 0 Å². The molecule has 0 radical (unpaired) electrons. The molecule has 0 amide bonds. The van der Waals surface area contributed by atoms with E-state index >= 15 is 0 Å². The number of hydrogen-bond donors (Lipinski definition) is 1. The Labute approximate surface area is 54.1 Å². The van der Waals surface area contributed by atoms with E-state index < -0.39 is 0 Å². The Morgan fingerprint density at radius 2 is 2.44 bits per heavy atom. The van der Waals surface area contributed by atoms with Crippen molar-refractivity contribution in [2.75, 3.05) is 11.9 Å². The molecule has 0 spiro atoms. The average molecular weight is 121 g/mol. The zero-order valence-electron chi connectivity index (χ0n) is 5.17. The van der Waals surface area contributed by atoms with Gasteiger partial charge in [-0.1, -0.05) is 6.07 Å². The van der Waals surface area contributed by atoms with Gasteiger partial charge in [-0.15, -0.1) is 0 Å². The first-order chi connectivity index (χ1) is 4.47. The Bertz CT molecular complexity index is 197. The van der Waals surface area contributed by atoms with Crippen LogP contribution in [-0.4, -0.2) is 6.54 Å². The zero-order chi connectivity index (χ0) is 6.10. The highest BCUT2D eigenvalue weighted by Gasteiger charge is 2.13. The van der Waals surface area contributed by atoms with Crippen LogP contribution in [0.2, 0.25) is 0 Å². The third-order valence-corrected chi connectivity index (χ3v) is 1.60. The van der Waals surface area contributed by atoms with Crippen molar-refractivity contribution in [3.63, 3.8) is 0 Å². The highest BCUT2D eigenvalue weighted by molar-refractivity contribution is 5.28. The fourth-order valence-corrected chi connectivity index (χ4v) is 1.14. The minimum Gasteiger partial charge on any atom is -0.270 e. The van der Waals surface area contributed by atoms with E-state index in [1.54, 1.807) is 0 Å². The molecule has 2 rings (SSSR count). The lowest BCUT2D eigenvalue weighted by Crippen LogP contribution is -2.29. The fourth-order valence-electron chi connectivity index (χ4n) is 1.14. The van der Waals surface area contributed by atoms with Crippen molar-refractivity contribution in [3.8, 4) is 0 Å². The summed E-state index contributed by atoms with van der Waals surface area (Å²) >= 11 is 0. The third-order valence-electron chi connectivity index (χ3n) is 1.60. The predicted octanol–water partition coefficient (Wildman–Crippen LogP) is 0.400. The summed E-state index contributed by atoms with van der Waals surface area (Å²) in [5.74, 6) is 1.23. The van der Waals surface area contributed by atoms with Crippen LogP contribution in [0, 0.1) is 0 Å². The van der Waals surface area contributed by atoms with Gasteiger partial charge in [-0.05, 0) is 6.07 Å². The van der Waals surface area contributed by atoms with Crippen LogP contribution in [0.3, 0.4) is 0 Å². The molecule has 0 saturated carbocycles. The summed E-state index contributed by atoms with van der Waals surface area (Å²) < 4.78 is 2.21. The molecule has 0 aliphatic carbocycles. The van der Waals surface area contributed by atoms with Crippen LogP contribution >= 0.6 is 0 Å². The number of pyridine rings is 1. The van der Waals surface area contributed by atoms with E-state index in [4.69, 9.17) is 0 Å². The lowest BCUT2D eigenvalue weighted by Gasteiger charge is -1.88. The molecule has 1 N–H and O–H groups in total. The first-order valence-electron chi connectivity index (χ1n) is 3.19. The van der Waals surface area contributed by atoms with Crippen LogP contribution in [0.15, 0.2) is 24.4 Å². The highest BCUT2D eigenvalue weighted by Crippen LogP contribution is 2.01. The molecule has 1 aromatic heterocycles. The molecule has 2 heteroatoms. The van der Waals surface area contributed by atoms with Gasteiger partial charge < -0.3 is 0 Å². The van der Waals surface area contributed by atoms with E-state index in [2.05, 4.69) is 28.2 Å². The number of nitrogens with zero attached hydrogens (tertiary/aromatic N) is 1. The highest BCUT2D eigenvalue weighted by atomic mass is 15.2. The van der Waals surface area contributed by atoms with Crippen molar-refractivity contribution in [1.29, 1.82) is 0 Å². The Balaban J connectivity index is 2.54. The van der Waals surface area contributed by atoms with Crippen molar-refractivity contribution in [2.24, 2.45) is 0 Å². The second-order valence-electron chi connectivity index (χ2n) is 2.21. The lowest BCUT2D eigenvalue weighted by molar-refractivity contribution is -0.670. The number of hydrogen-bond acceptors (Lipinski definition) is 1. The molecule has 0 aromatic carbocycles. The Morgan fingerprint density at radius 3 is 3.33 bits per heavy atom. The molecule has 9 heavy (non-hydrogen) atoms. The maximum absolute atomic E-state index is 3.26. The molecule has 0 unspecified atom stereocenters. The zero-order valence-corrected chi connectivity index (χ0v) is 5.17. The van der Waals surface area contributed by atoms with Gasteiger partial charge >= 0.3 is 0 Å². The Morgan fingerprint density at radius 1 is 1.44 bits per heavy atom. The van der Waals surface area contributed by atoms with Crippen LogP contribution < -0.4 is 9.88 Å². The number of nitrogens with one attached hydrogen (secondary N) is 1. The monoisotopic (exact) mass is 121 g/mol. The van der Waals surface area contributed by atoms with Gasteiger partial charge in [-0.3, -0.25) is 5.32 Å². The summed E-state index contributed by atoms with van der Waals surface area (Å²) in [6, 6.07) is 6.19. The summed E-state index contributed by atoms with van der Waals surface area (Å²) in [5.41, 5.74) is 0. The molecular weight excluding hydrogens is 112 g/mol. The van der Waals surface area contributed by atoms with Gasteiger partial charge in [0.05, 0.1) is 6.20 Å². The van der Waals surface area contributed by atoms with Crippen LogP contribution in [-0.2, 0) is 6.54 Å². The van der Waals surface area contributed by atoms with Crippen molar-refractivity contribution in [3.05, 3.63) is 24.4 Å². The van der Waals surface area contributed by atoms with Gasteiger partial charge in [0.2, 0.25) is 0 Å². The van der Waals surface area contributed by atoms with Gasteiger partial charge in [0, 0.05) is 6.07 Å². The molecule has 2 heterocycles. The summed E-state index contributed by atoms with van der Waals surface area (Å²) in [5, 5.41) is 3.26. The molecule has 1 aromatic rings. The van der Waals surface area contributed by atoms with E-state index in [1.807, 2.05) is 6.07 Å². The Kier molecular flexibility index (Phi) is 0.918. The van der Waals surface area contributed by atoms with Crippen LogP contribution in [0.25, 0.3) is 0 Å². The third kappa shape index (κ3) is 0.669. The molecule has 0 atom stereocenters. The van der Waals surface area contributed by atoms with E-state index in [1.165, 1.54) is 5.82 Å². The largest absolute Gasteiger partial charge is 0.274 e. The van der Waals surface area contributed by atoms with Gasteiger partial charge in [0.1, 0.15) is 13.1 Å². The summed E-state index contributed by atoms with van der Waals surface area (Å²) in [4.78, 5) is 0. The molecule has 2 nitrogen and oxygen atoms in total. The predicted molar refractivity (Wildman–Crippen MR) is 35.1 cm³/mol. The van der Waals surface area contributed by atoms with E-state index in [0.29, 0.717) is 0 Å². The maximum atomic E-state index is 3.26. The summed E-state index contributed by atoms with van der Waals surface area (Å²) in [7, 11) is 0. The second-order valence-corrected chi connectivity index (χ2v) is 2.21. The number of rotatable bonds is 0.